The van der Waals surface area contributed by atoms with Crippen molar-refractivity contribution in [2.24, 2.45) is 7.05 Å². The monoisotopic (exact) mass is 396 g/mol. The summed E-state index contributed by atoms with van der Waals surface area (Å²) in [5.74, 6) is -0.216. The van der Waals surface area contributed by atoms with Crippen molar-refractivity contribution in [3.8, 4) is 5.75 Å². The molecule has 0 aliphatic rings. The fourth-order valence-electron chi connectivity index (χ4n) is 3.01. The number of aryl methyl sites for hydroxylation is 1. The predicted octanol–water partition coefficient (Wildman–Crippen LogP) is 2.50. The number of fused-ring (bicyclic) bond motifs is 1. The standard InChI is InChI=1S/C21H24N4O4/c1-14(2)22-20(27)23(3)15-9-11-16(12-10-15)29-19(26)13-25-18-8-6-5-7-17(18)24(4)21(25)28/h5-12,14H,13H2,1-4H3,(H,22,27). The smallest absolute Gasteiger partial charge is 0.331 e. The summed E-state index contributed by atoms with van der Waals surface area (Å²) in [7, 11) is 3.32. The van der Waals surface area contributed by atoms with Crippen molar-refractivity contribution in [2.75, 3.05) is 11.9 Å². The Hall–Kier alpha value is -3.55. The molecule has 0 fully saturated rings. The maximum atomic E-state index is 12.4. The molecule has 0 bridgehead atoms. The van der Waals surface area contributed by atoms with E-state index in [0.717, 1.165) is 5.52 Å². The van der Waals surface area contributed by atoms with Crippen LogP contribution in [0.1, 0.15) is 13.8 Å². The maximum Gasteiger partial charge on any atom is 0.331 e. The van der Waals surface area contributed by atoms with Gasteiger partial charge < -0.3 is 10.1 Å². The van der Waals surface area contributed by atoms with E-state index in [0.29, 0.717) is 17.0 Å². The highest BCUT2D eigenvalue weighted by Gasteiger charge is 2.15. The van der Waals surface area contributed by atoms with E-state index in [1.54, 1.807) is 44.4 Å². The molecule has 1 heterocycles. The highest BCUT2D eigenvalue weighted by molar-refractivity contribution is 5.91. The Kier molecular flexibility index (Phi) is 5.72. The molecule has 3 aromatic rings. The molecule has 0 spiro atoms. The Morgan fingerprint density at radius 3 is 2.31 bits per heavy atom. The van der Waals surface area contributed by atoms with E-state index < -0.39 is 5.97 Å². The summed E-state index contributed by atoms with van der Waals surface area (Å²) in [5, 5.41) is 2.80. The highest BCUT2D eigenvalue weighted by atomic mass is 16.5. The van der Waals surface area contributed by atoms with E-state index in [1.165, 1.54) is 14.0 Å². The van der Waals surface area contributed by atoms with Crippen LogP contribution in [-0.4, -0.2) is 34.2 Å². The molecule has 0 saturated carbocycles. The van der Waals surface area contributed by atoms with Crippen LogP contribution >= 0.6 is 0 Å². The molecule has 152 valence electrons. The summed E-state index contributed by atoms with van der Waals surface area (Å²) in [5.41, 5.74) is 1.80. The third-order valence-electron chi connectivity index (χ3n) is 4.51. The fourth-order valence-corrected chi connectivity index (χ4v) is 3.01. The topological polar surface area (TPSA) is 85.6 Å². The molecule has 2 aromatic carbocycles. The largest absolute Gasteiger partial charge is 0.425 e. The van der Waals surface area contributed by atoms with E-state index in [9.17, 15) is 14.4 Å². The van der Waals surface area contributed by atoms with Gasteiger partial charge in [0.15, 0.2) is 0 Å². The average molecular weight is 396 g/mol. The van der Waals surface area contributed by atoms with Gasteiger partial charge in [0.25, 0.3) is 0 Å². The Morgan fingerprint density at radius 1 is 1.07 bits per heavy atom. The molecule has 2 amide bonds. The van der Waals surface area contributed by atoms with Gasteiger partial charge in [0.2, 0.25) is 0 Å². The van der Waals surface area contributed by atoms with Crippen LogP contribution in [0.2, 0.25) is 0 Å². The number of rotatable bonds is 5. The Balaban J connectivity index is 1.70. The summed E-state index contributed by atoms with van der Waals surface area (Å²) in [6.07, 6.45) is 0. The van der Waals surface area contributed by atoms with Crippen molar-refractivity contribution in [1.29, 1.82) is 0 Å². The van der Waals surface area contributed by atoms with E-state index in [2.05, 4.69) is 5.32 Å². The molecular weight excluding hydrogens is 372 g/mol. The molecule has 0 aliphatic carbocycles. The van der Waals surface area contributed by atoms with Gasteiger partial charge in [-0.15, -0.1) is 0 Å². The number of amides is 2. The summed E-state index contributed by atoms with van der Waals surface area (Å²) in [6.45, 7) is 3.57. The molecule has 29 heavy (non-hydrogen) atoms. The second kappa shape index (κ2) is 8.22. The van der Waals surface area contributed by atoms with Crippen molar-refractivity contribution in [3.63, 3.8) is 0 Å². The number of carbonyl (C=O) groups excluding carboxylic acids is 2. The van der Waals surface area contributed by atoms with Crippen LogP contribution in [0.15, 0.2) is 53.3 Å². The van der Waals surface area contributed by atoms with Gasteiger partial charge in [-0.1, -0.05) is 12.1 Å². The van der Waals surface area contributed by atoms with Gasteiger partial charge in [-0.05, 0) is 50.2 Å². The molecule has 8 nitrogen and oxygen atoms in total. The minimum absolute atomic E-state index is 0.0302. The van der Waals surface area contributed by atoms with Gasteiger partial charge in [0, 0.05) is 25.8 Å². The number of hydrogen-bond acceptors (Lipinski definition) is 4. The number of nitrogens with one attached hydrogen (secondary N) is 1. The summed E-state index contributed by atoms with van der Waals surface area (Å²) in [6, 6.07) is 13.7. The Morgan fingerprint density at radius 2 is 1.69 bits per heavy atom. The number of para-hydroxylation sites is 2. The third-order valence-corrected chi connectivity index (χ3v) is 4.51. The lowest BCUT2D eigenvalue weighted by molar-refractivity contribution is -0.135. The van der Waals surface area contributed by atoms with Crippen LogP contribution in [-0.2, 0) is 18.4 Å². The molecule has 0 atom stereocenters. The zero-order chi connectivity index (χ0) is 21.1. The first-order valence-corrected chi connectivity index (χ1v) is 9.27. The number of ether oxygens (including phenoxy) is 1. The van der Waals surface area contributed by atoms with Crippen LogP contribution < -0.4 is 20.6 Å². The second-order valence-electron chi connectivity index (χ2n) is 7.05. The lowest BCUT2D eigenvalue weighted by Crippen LogP contribution is -2.40. The van der Waals surface area contributed by atoms with Crippen LogP contribution in [0.25, 0.3) is 11.0 Å². The molecule has 0 aliphatic heterocycles. The van der Waals surface area contributed by atoms with Crippen molar-refractivity contribution in [2.45, 2.75) is 26.4 Å². The molecule has 0 unspecified atom stereocenters. The molecule has 0 saturated heterocycles. The van der Waals surface area contributed by atoms with Gasteiger partial charge in [0.05, 0.1) is 11.0 Å². The zero-order valence-corrected chi connectivity index (χ0v) is 16.9. The zero-order valence-electron chi connectivity index (χ0n) is 16.9. The van der Waals surface area contributed by atoms with Crippen LogP contribution in [0.4, 0.5) is 10.5 Å². The van der Waals surface area contributed by atoms with Gasteiger partial charge in [-0.25, -0.2) is 14.4 Å². The maximum absolute atomic E-state index is 12.4. The molecule has 1 N–H and O–H groups in total. The van der Waals surface area contributed by atoms with Gasteiger partial charge in [0.1, 0.15) is 12.3 Å². The number of anilines is 1. The van der Waals surface area contributed by atoms with Crippen LogP contribution in [0.3, 0.4) is 0 Å². The lowest BCUT2D eigenvalue weighted by atomic mass is 10.3. The molecule has 1 aromatic heterocycles. The third kappa shape index (κ3) is 4.31. The minimum Gasteiger partial charge on any atom is -0.425 e. The van der Waals surface area contributed by atoms with Gasteiger partial charge >= 0.3 is 17.7 Å². The fraction of sp³-hybridized carbons (Fsp3) is 0.286. The second-order valence-corrected chi connectivity index (χ2v) is 7.05. The van der Waals surface area contributed by atoms with Crippen LogP contribution in [0, 0.1) is 0 Å². The summed E-state index contributed by atoms with van der Waals surface area (Å²) >= 11 is 0. The van der Waals surface area contributed by atoms with Gasteiger partial charge in [-0.2, -0.15) is 0 Å². The number of aromatic nitrogens is 2. The predicted molar refractivity (Wildman–Crippen MR) is 111 cm³/mol. The lowest BCUT2D eigenvalue weighted by Gasteiger charge is -2.20. The number of nitrogens with zero attached hydrogens (tertiary/aromatic N) is 3. The SMILES string of the molecule is CC(C)NC(=O)N(C)c1ccc(OC(=O)Cn2c(=O)n(C)c3ccccc32)cc1. The number of hydrogen-bond donors (Lipinski definition) is 1. The number of carbonyl (C=O) groups is 2. The normalized spacial score (nSPS) is 10.9. The number of benzene rings is 2. The molecule has 0 radical (unpaired) electrons. The minimum atomic E-state index is -0.554. The average Bonchev–Trinajstić information content (AvgIpc) is 2.92. The number of imidazole rings is 1. The summed E-state index contributed by atoms with van der Waals surface area (Å²) in [4.78, 5) is 38.3. The molecule has 3 rings (SSSR count). The first-order valence-electron chi connectivity index (χ1n) is 9.27. The van der Waals surface area contributed by atoms with Crippen molar-refractivity contribution < 1.29 is 14.3 Å². The van der Waals surface area contributed by atoms with Crippen LogP contribution in [0.5, 0.6) is 5.75 Å². The highest BCUT2D eigenvalue weighted by Crippen LogP contribution is 2.19. The van der Waals surface area contributed by atoms with Crippen molar-refractivity contribution in [3.05, 3.63) is 59.0 Å². The van der Waals surface area contributed by atoms with E-state index in [4.69, 9.17) is 4.74 Å². The first-order chi connectivity index (χ1) is 13.8. The quantitative estimate of drug-likeness (QED) is 0.530. The number of urea groups is 1. The van der Waals surface area contributed by atoms with E-state index in [1.807, 2.05) is 32.0 Å². The van der Waals surface area contributed by atoms with E-state index >= 15 is 0 Å². The van der Waals surface area contributed by atoms with E-state index in [-0.39, 0.29) is 24.3 Å². The Labute approximate surface area is 168 Å². The first kappa shape index (κ1) is 20.2. The van der Waals surface area contributed by atoms with Gasteiger partial charge in [-0.3, -0.25) is 14.0 Å². The summed E-state index contributed by atoms with van der Waals surface area (Å²) < 4.78 is 8.24. The van der Waals surface area contributed by atoms with Crippen molar-refractivity contribution in [1.82, 2.24) is 14.5 Å². The molecular formula is C21H24N4O4. The van der Waals surface area contributed by atoms with Crippen molar-refractivity contribution >= 4 is 28.7 Å². The number of esters is 1. The molecule has 8 heteroatoms. The Bertz CT molecular complexity index is 1100.